The van der Waals surface area contributed by atoms with Crippen LogP contribution < -0.4 is 14.2 Å². The van der Waals surface area contributed by atoms with Gasteiger partial charge in [0.2, 0.25) is 0 Å². The van der Waals surface area contributed by atoms with Crippen molar-refractivity contribution >= 4 is 11.9 Å². The van der Waals surface area contributed by atoms with Crippen molar-refractivity contribution in [2.75, 3.05) is 7.11 Å². The number of carbonyl (C=O) groups is 2. The maximum Gasteiger partial charge on any atom is 0.343 e. The first kappa shape index (κ1) is 26.6. The monoisotopic (exact) mass is 482 g/mol. The van der Waals surface area contributed by atoms with Crippen molar-refractivity contribution in [3.05, 3.63) is 54.1 Å². The van der Waals surface area contributed by atoms with Crippen LogP contribution in [0.1, 0.15) is 77.1 Å². The van der Waals surface area contributed by atoms with Gasteiger partial charge in [-0.3, -0.25) is 4.79 Å². The molecule has 1 fully saturated rings. The van der Waals surface area contributed by atoms with Crippen LogP contribution in [-0.2, 0) is 9.53 Å². The van der Waals surface area contributed by atoms with Crippen molar-refractivity contribution in [2.24, 2.45) is 11.3 Å². The second-order valence-corrected chi connectivity index (χ2v) is 10.7. The highest BCUT2D eigenvalue weighted by atomic mass is 16.5. The van der Waals surface area contributed by atoms with Crippen LogP contribution in [0.2, 0.25) is 0 Å². The summed E-state index contributed by atoms with van der Waals surface area (Å²) >= 11 is 0. The fraction of sp³-hybridized carbons (Fsp3) is 0.517. The van der Waals surface area contributed by atoms with Crippen LogP contribution in [0.25, 0.3) is 0 Å². The predicted molar refractivity (Wildman–Crippen MR) is 135 cm³/mol. The molecule has 190 valence electrons. The molecule has 2 atom stereocenters. The van der Waals surface area contributed by atoms with Gasteiger partial charge in [0.25, 0.3) is 0 Å². The van der Waals surface area contributed by atoms with Crippen molar-refractivity contribution in [2.45, 2.75) is 78.4 Å². The average molecular weight is 483 g/mol. The topological polar surface area (TPSA) is 71.1 Å². The molecule has 0 heterocycles. The number of hydrogen-bond donors (Lipinski definition) is 0. The molecule has 6 nitrogen and oxygen atoms in total. The Kier molecular flexibility index (Phi) is 8.47. The highest BCUT2D eigenvalue weighted by Crippen LogP contribution is 2.35. The van der Waals surface area contributed by atoms with Crippen molar-refractivity contribution in [1.29, 1.82) is 0 Å². The molecule has 3 rings (SSSR count). The molecule has 2 unspecified atom stereocenters. The van der Waals surface area contributed by atoms with Gasteiger partial charge in [0.15, 0.2) is 0 Å². The molecule has 0 aromatic heterocycles. The smallest absolute Gasteiger partial charge is 0.343 e. The minimum Gasteiger partial charge on any atom is -0.497 e. The SMILES string of the molecule is COc1ccc(OC(=O)c2ccc(OC(C)(C)CC(C)(C)C(=O)OC3CCCCC3C)cc2)cc1. The molecule has 0 saturated heterocycles. The minimum atomic E-state index is -0.692. The number of esters is 2. The van der Waals surface area contributed by atoms with E-state index in [1.807, 2.05) is 27.7 Å². The zero-order valence-corrected chi connectivity index (χ0v) is 21.8. The van der Waals surface area contributed by atoms with Gasteiger partial charge in [0, 0.05) is 6.42 Å². The van der Waals surface area contributed by atoms with E-state index in [1.165, 1.54) is 6.42 Å². The lowest BCUT2D eigenvalue weighted by molar-refractivity contribution is -0.166. The first-order valence-electron chi connectivity index (χ1n) is 12.4. The van der Waals surface area contributed by atoms with Crippen LogP contribution in [0, 0.1) is 11.3 Å². The summed E-state index contributed by atoms with van der Waals surface area (Å²) in [5, 5.41) is 0. The maximum atomic E-state index is 13.0. The molecule has 0 spiro atoms. The van der Waals surface area contributed by atoms with Crippen LogP contribution in [0.4, 0.5) is 0 Å². The summed E-state index contributed by atoms with van der Waals surface area (Å²) in [4.78, 5) is 25.4. The second kappa shape index (κ2) is 11.1. The van der Waals surface area contributed by atoms with Gasteiger partial charge in [-0.05, 0) is 101 Å². The molecule has 0 N–H and O–H groups in total. The van der Waals surface area contributed by atoms with Crippen LogP contribution >= 0.6 is 0 Å². The molecular weight excluding hydrogens is 444 g/mol. The van der Waals surface area contributed by atoms with Crippen LogP contribution in [0.5, 0.6) is 17.2 Å². The second-order valence-electron chi connectivity index (χ2n) is 10.7. The molecule has 0 radical (unpaired) electrons. The summed E-state index contributed by atoms with van der Waals surface area (Å²) in [5.74, 6) is 1.51. The summed E-state index contributed by atoms with van der Waals surface area (Å²) in [7, 11) is 1.58. The molecule has 2 aromatic carbocycles. The Morgan fingerprint density at radius 2 is 1.43 bits per heavy atom. The van der Waals surface area contributed by atoms with Crippen molar-refractivity contribution < 1.29 is 28.5 Å². The molecule has 2 aromatic rings. The average Bonchev–Trinajstić information content (AvgIpc) is 2.80. The summed E-state index contributed by atoms with van der Waals surface area (Å²) in [6.07, 6.45) is 4.86. The molecule has 1 saturated carbocycles. The van der Waals surface area contributed by atoms with E-state index in [-0.39, 0.29) is 12.1 Å². The Bertz CT molecular complexity index is 991. The highest BCUT2D eigenvalue weighted by molar-refractivity contribution is 5.91. The van der Waals surface area contributed by atoms with Crippen LogP contribution in [0.3, 0.4) is 0 Å². The third-order valence-electron chi connectivity index (χ3n) is 6.47. The summed E-state index contributed by atoms with van der Waals surface area (Å²) in [5.41, 5.74) is -0.898. The molecule has 0 bridgehead atoms. The van der Waals surface area contributed by atoms with E-state index in [0.29, 0.717) is 35.2 Å². The van der Waals surface area contributed by atoms with Crippen molar-refractivity contribution in [3.8, 4) is 17.2 Å². The zero-order valence-electron chi connectivity index (χ0n) is 21.8. The van der Waals surface area contributed by atoms with Crippen molar-refractivity contribution in [3.63, 3.8) is 0 Å². The van der Waals surface area contributed by atoms with Crippen molar-refractivity contribution in [1.82, 2.24) is 0 Å². The minimum absolute atomic E-state index is 0.00442. The molecular formula is C29H38O6. The quantitative estimate of drug-likeness (QED) is 0.296. The molecule has 1 aliphatic rings. The summed E-state index contributed by atoms with van der Waals surface area (Å²) in [6, 6.07) is 13.6. The summed E-state index contributed by atoms with van der Waals surface area (Å²) < 4.78 is 22.6. The van der Waals surface area contributed by atoms with Gasteiger partial charge in [0.05, 0.1) is 18.1 Å². The fourth-order valence-corrected chi connectivity index (χ4v) is 4.71. The van der Waals surface area contributed by atoms with E-state index in [1.54, 1.807) is 55.6 Å². The number of methoxy groups -OCH3 is 1. The largest absolute Gasteiger partial charge is 0.497 e. The van der Waals surface area contributed by atoms with E-state index in [0.717, 1.165) is 19.3 Å². The van der Waals surface area contributed by atoms with E-state index in [2.05, 4.69) is 6.92 Å². The molecule has 1 aliphatic carbocycles. The van der Waals surface area contributed by atoms with E-state index < -0.39 is 17.0 Å². The number of hydrogen-bond acceptors (Lipinski definition) is 6. The van der Waals surface area contributed by atoms with Gasteiger partial charge >= 0.3 is 11.9 Å². The Morgan fingerprint density at radius 3 is 2.03 bits per heavy atom. The van der Waals surface area contributed by atoms with Gasteiger partial charge in [-0.2, -0.15) is 0 Å². The molecule has 6 heteroatoms. The highest BCUT2D eigenvalue weighted by Gasteiger charge is 2.39. The number of ether oxygens (including phenoxy) is 4. The van der Waals surface area contributed by atoms with E-state index in [9.17, 15) is 9.59 Å². The van der Waals surface area contributed by atoms with Gasteiger partial charge in [-0.1, -0.05) is 13.3 Å². The fourth-order valence-electron chi connectivity index (χ4n) is 4.71. The zero-order chi connectivity index (χ0) is 25.6. The van der Waals surface area contributed by atoms with Crippen LogP contribution in [-0.4, -0.2) is 30.8 Å². The molecule has 0 aliphatic heterocycles. The van der Waals surface area contributed by atoms with Crippen LogP contribution in [0.15, 0.2) is 48.5 Å². The first-order valence-corrected chi connectivity index (χ1v) is 12.4. The maximum absolute atomic E-state index is 13.0. The summed E-state index contributed by atoms with van der Waals surface area (Å²) in [6.45, 7) is 9.89. The Morgan fingerprint density at radius 1 is 0.857 bits per heavy atom. The third-order valence-corrected chi connectivity index (χ3v) is 6.47. The molecule has 0 amide bonds. The third kappa shape index (κ3) is 7.48. The lowest BCUT2D eigenvalue weighted by atomic mass is 9.81. The van der Waals surface area contributed by atoms with Gasteiger partial charge < -0.3 is 18.9 Å². The number of benzene rings is 2. The number of rotatable bonds is 9. The van der Waals surface area contributed by atoms with Gasteiger partial charge in [0.1, 0.15) is 29.0 Å². The Hall–Kier alpha value is -3.02. The lowest BCUT2D eigenvalue weighted by Crippen LogP contribution is -2.41. The standard InChI is InChI=1S/C29H38O6/c1-20-9-7-8-10-25(20)34-27(31)28(2,3)19-29(4,5)35-24-13-11-21(12-14-24)26(30)33-23-17-15-22(32-6)16-18-23/h11-18,20,25H,7-10,19H2,1-6H3. The molecule has 35 heavy (non-hydrogen) atoms. The van der Waals surface area contributed by atoms with E-state index >= 15 is 0 Å². The first-order chi connectivity index (χ1) is 16.5. The van der Waals surface area contributed by atoms with Gasteiger partial charge in [-0.15, -0.1) is 0 Å². The Balaban J connectivity index is 1.56. The van der Waals surface area contributed by atoms with Gasteiger partial charge in [-0.25, -0.2) is 4.79 Å². The predicted octanol–water partition coefficient (Wildman–Crippen LogP) is 6.61. The number of carbonyl (C=O) groups excluding carboxylic acids is 2. The Labute approximate surface area is 208 Å². The lowest BCUT2D eigenvalue weighted by Gasteiger charge is -2.36. The van der Waals surface area contributed by atoms with E-state index in [4.69, 9.17) is 18.9 Å². The normalized spacial score (nSPS) is 18.5.